The predicted molar refractivity (Wildman–Crippen MR) is 130 cm³/mol. The van der Waals surface area contributed by atoms with Crippen LogP contribution in [0.25, 0.3) is 0 Å². The molecule has 1 saturated carbocycles. The quantitative estimate of drug-likeness (QED) is 0.680. The van der Waals surface area contributed by atoms with E-state index < -0.39 is 0 Å². The van der Waals surface area contributed by atoms with Crippen LogP contribution < -0.4 is 10.2 Å². The van der Waals surface area contributed by atoms with Gasteiger partial charge in [0, 0.05) is 83.4 Å². The molecule has 6 rings (SSSR count). The van der Waals surface area contributed by atoms with E-state index in [1.807, 2.05) is 19.4 Å². The van der Waals surface area contributed by atoms with Crippen LogP contribution in [0, 0.1) is 11.3 Å². The summed E-state index contributed by atoms with van der Waals surface area (Å²) in [5.74, 6) is 2.20. The van der Waals surface area contributed by atoms with Crippen LogP contribution >= 0.6 is 0 Å². The molecule has 10 nitrogen and oxygen atoms in total. The maximum atomic E-state index is 9.73. The molecule has 3 aliphatic heterocycles. The number of aryl methyl sites for hydroxylation is 1. The van der Waals surface area contributed by atoms with Gasteiger partial charge in [0.05, 0.1) is 29.9 Å². The number of nitrogens with one attached hydrogen (secondary N) is 1. The van der Waals surface area contributed by atoms with Gasteiger partial charge in [-0.15, -0.1) is 0 Å². The van der Waals surface area contributed by atoms with Crippen LogP contribution in [0.1, 0.15) is 30.7 Å². The van der Waals surface area contributed by atoms with Crippen molar-refractivity contribution in [3.05, 3.63) is 24.2 Å². The molecule has 10 heteroatoms. The lowest BCUT2D eigenvalue weighted by Gasteiger charge is -2.59. The van der Waals surface area contributed by atoms with E-state index in [0.717, 1.165) is 63.9 Å². The summed E-state index contributed by atoms with van der Waals surface area (Å²) in [4.78, 5) is 19.6. The minimum Gasteiger partial charge on any atom is -0.352 e. The zero-order chi connectivity index (χ0) is 23.3. The van der Waals surface area contributed by atoms with Crippen LogP contribution in [0.2, 0.25) is 0 Å². The molecule has 2 aromatic heterocycles. The van der Waals surface area contributed by atoms with Gasteiger partial charge >= 0.3 is 0 Å². The fourth-order valence-electron chi connectivity index (χ4n) is 5.92. The Morgan fingerprint density at radius 3 is 2.68 bits per heavy atom. The van der Waals surface area contributed by atoms with E-state index in [2.05, 4.69) is 48.1 Å². The van der Waals surface area contributed by atoms with E-state index in [9.17, 15) is 5.26 Å². The van der Waals surface area contributed by atoms with Gasteiger partial charge in [0.15, 0.2) is 0 Å². The molecule has 0 unspecified atom stereocenters. The Balaban J connectivity index is 1.21. The van der Waals surface area contributed by atoms with Crippen molar-refractivity contribution in [1.82, 2.24) is 34.4 Å². The summed E-state index contributed by atoms with van der Waals surface area (Å²) in [5, 5.41) is 17.3. The summed E-state index contributed by atoms with van der Waals surface area (Å²) >= 11 is 0. The number of hydrogen-bond acceptors (Lipinski definition) is 9. The first kappa shape index (κ1) is 21.8. The Morgan fingerprint density at radius 2 is 1.94 bits per heavy atom. The molecule has 0 aromatic carbocycles. The number of rotatable bonds is 6. The maximum Gasteiger partial charge on any atom is 0.229 e. The molecule has 4 fully saturated rings. The molecule has 1 atom stereocenters. The van der Waals surface area contributed by atoms with Crippen molar-refractivity contribution in [1.29, 1.82) is 5.26 Å². The molecule has 0 amide bonds. The zero-order valence-electron chi connectivity index (χ0n) is 20.2. The molecule has 34 heavy (non-hydrogen) atoms. The first-order chi connectivity index (χ1) is 16.5. The van der Waals surface area contributed by atoms with Crippen molar-refractivity contribution in [2.24, 2.45) is 7.05 Å². The van der Waals surface area contributed by atoms with Gasteiger partial charge in [-0.2, -0.15) is 15.3 Å². The number of piperazine rings is 2. The first-order valence-corrected chi connectivity index (χ1v) is 12.5. The third-order valence-electron chi connectivity index (χ3n) is 8.02. The third-order valence-corrected chi connectivity index (χ3v) is 8.02. The monoisotopic (exact) mass is 462 g/mol. The summed E-state index contributed by atoms with van der Waals surface area (Å²) in [5.41, 5.74) is 2.05. The lowest BCUT2D eigenvalue weighted by Crippen LogP contribution is -2.75. The molecule has 3 saturated heterocycles. The summed E-state index contributed by atoms with van der Waals surface area (Å²) in [6, 6.07) is 3.07. The highest BCUT2D eigenvalue weighted by atomic mass is 15.4. The number of likely N-dealkylation sites (N-methyl/N-ethyl adjacent to an activating group) is 1. The van der Waals surface area contributed by atoms with Gasteiger partial charge in [-0.3, -0.25) is 14.5 Å². The Hall–Kier alpha value is -2.74. The standard InChI is InChI=1S/C24H34N10/c1-30-7-8-32-9-10-34(15-20(32)14-30)24(5-6-25)16-33(17-24)22-21(18-3-4-18)12-26-23(29-22)28-19-11-27-31(2)13-19/h11-13,18,20H,3-5,7-10,14-17H2,1-2H3,(H,26,28,29)/t20-/m0/s1. The number of nitrogens with zero attached hydrogens (tertiary/aromatic N) is 9. The molecule has 0 radical (unpaired) electrons. The second kappa shape index (κ2) is 8.48. The molecule has 4 aliphatic rings. The molecule has 180 valence electrons. The van der Waals surface area contributed by atoms with Crippen LogP contribution in [-0.2, 0) is 7.05 Å². The van der Waals surface area contributed by atoms with Crippen LogP contribution in [0.5, 0.6) is 0 Å². The van der Waals surface area contributed by atoms with Gasteiger partial charge in [-0.1, -0.05) is 0 Å². The van der Waals surface area contributed by atoms with Gasteiger partial charge in [0.1, 0.15) is 5.82 Å². The smallest absolute Gasteiger partial charge is 0.229 e. The second-order valence-electron chi connectivity index (χ2n) is 10.6. The largest absolute Gasteiger partial charge is 0.352 e. The Bertz CT molecular complexity index is 1080. The molecule has 2 aromatic rings. The van der Waals surface area contributed by atoms with Gasteiger partial charge in [-0.05, 0) is 25.8 Å². The van der Waals surface area contributed by atoms with Crippen LogP contribution in [0.15, 0.2) is 18.6 Å². The maximum absolute atomic E-state index is 9.73. The lowest BCUT2D eigenvalue weighted by molar-refractivity contribution is -0.0376. The highest BCUT2D eigenvalue weighted by Gasteiger charge is 2.51. The van der Waals surface area contributed by atoms with Gasteiger partial charge in [-0.25, -0.2) is 4.98 Å². The van der Waals surface area contributed by atoms with E-state index in [1.165, 1.54) is 18.4 Å². The molecule has 1 N–H and O–H groups in total. The predicted octanol–water partition coefficient (Wildman–Crippen LogP) is 1.24. The average Bonchev–Trinajstić information content (AvgIpc) is 3.57. The lowest BCUT2D eigenvalue weighted by atomic mass is 9.83. The van der Waals surface area contributed by atoms with Crippen LogP contribution in [-0.4, -0.2) is 105 Å². The normalized spacial score (nSPS) is 25.4. The van der Waals surface area contributed by atoms with E-state index >= 15 is 0 Å². The fourth-order valence-corrected chi connectivity index (χ4v) is 5.92. The molecular weight excluding hydrogens is 428 g/mol. The number of fused-ring (bicyclic) bond motifs is 1. The van der Waals surface area contributed by atoms with E-state index in [0.29, 0.717) is 24.3 Å². The second-order valence-corrected chi connectivity index (χ2v) is 10.6. The van der Waals surface area contributed by atoms with Crippen molar-refractivity contribution < 1.29 is 0 Å². The van der Waals surface area contributed by atoms with Crippen molar-refractivity contribution in [2.75, 3.05) is 69.6 Å². The SMILES string of the molecule is CN1CCN2CCN(C3(CC#N)CN(c4nc(Nc5cnn(C)c5)ncc4C4CC4)C3)C[C@@H]2C1. The number of aromatic nitrogens is 4. The topological polar surface area (TPSA) is 92.4 Å². The van der Waals surface area contributed by atoms with E-state index in [1.54, 1.807) is 10.9 Å². The minimum absolute atomic E-state index is 0.0838. The summed E-state index contributed by atoms with van der Waals surface area (Å²) in [7, 11) is 4.12. The van der Waals surface area contributed by atoms with E-state index in [4.69, 9.17) is 4.98 Å². The Labute approximate surface area is 201 Å². The fraction of sp³-hybridized carbons (Fsp3) is 0.667. The van der Waals surface area contributed by atoms with Gasteiger partial charge < -0.3 is 15.1 Å². The van der Waals surface area contributed by atoms with Crippen molar-refractivity contribution >= 4 is 17.5 Å². The Kier molecular flexibility index (Phi) is 5.43. The number of hydrogen-bond donors (Lipinski definition) is 1. The van der Waals surface area contributed by atoms with Crippen LogP contribution in [0.3, 0.4) is 0 Å². The summed E-state index contributed by atoms with van der Waals surface area (Å²) < 4.78 is 1.76. The van der Waals surface area contributed by atoms with Crippen LogP contribution in [0.4, 0.5) is 17.5 Å². The van der Waals surface area contributed by atoms with Crippen molar-refractivity contribution in [3.63, 3.8) is 0 Å². The molecule has 1 aliphatic carbocycles. The summed E-state index contributed by atoms with van der Waals surface area (Å²) in [6.07, 6.45) is 8.68. The molecule has 0 bridgehead atoms. The van der Waals surface area contributed by atoms with Crippen molar-refractivity contribution in [2.45, 2.75) is 36.8 Å². The third kappa shape index (κ3) is 4.02. The highest BCUT2D eigenvalue weighted by Crippen LogP contribution is 2.46. The van der Waals surface area contributed by atoms with E-state index in [-0.39, 0.29) is 5.54 Å². The summed E-state index contributed by atoms with van der Waals surface area (Å²) in [6.45, 7) is 8.33. The molecule has 0 spiro atoms. The molecule has 5 heterocycles. The minimum atomic E-state index is -0.0838. The number of anilines is 3. The zero-order valence-corrected chi connectivity index (χ0v) is 20.2. The number of nitriles is 1. The highest BCUT2D eigenvalue weighted by molar-refractivity contribution is 5.59. The average molecular weight is 463 g/mol. The molecular formula is C24H34N10. The van der Waals surface area contributed by atoms with Crippen molar-refractivity contribution in [3.8, 4) is 6.07 Å². The first-order valence-electron chi connectivity index (χ1n) is 12.5. The van der Waals surface area contributed by atoms with Gasteiger partial charge in [0.25, 0.3) is 0 Å². The van der Waals surface area contributed by atoms with Gasteiger partial charge in [0.2, 0.25) is 5.95 Å². The Morgan fingerprint density at radius 1 is 1.12 bits per heavy atom.